The van der Waals surface area contributed by atoms with Gasteiger partial charge in [0.25, 0.3) is 5.91 Å². The summed E-state index contributed by atoms with van der Waals surface area (Å²) in [5, 5.41) is 14.6. The van der Waals surface area contributed by atoms with Crippen molar-refractivity contribution in [1.82, 2.24) is 20.1 Å². The Bertz CT molecular complexity index is 1260. The second-order valence-electron chi connectivity index (χ2n) is 8.97. The van der Waals surface area contributed by atoms with E-state index in [0.717, 1.165) is 38.2 Å². The quantitative estimate of drug-likeness (QED) is 0.329. The highest BCUT2D eigenvalue weighted by atomic mass is 79.9. The number of carbonyl (C=O) groups is 2. The average molecular weight is 575 g/mol. The van der Waals surface area contributed by atoms with E-state index in [0.29, 0.717) is 16.9 Å². The van der Waals surface area contributed by atoms with Crippen LogP contribution >= 0.6 is 27.7 Å². The number of anilines is 1. The summed E-state index contributed by atoms with van der Waals surface area (Å²) in [6, 6.07) is 9.95. The Balaban J connectivity index is 1.49. The molecule has 0 saturated heterocycles. The Morgan fingerprint density at radius 3 is 2.53 bits per heavy atom. The van der Waals surface area contributed by atoms with Gasteiger partial charge in [-0.15, -0.1) is 10.2 Å². The van der Waals surface area contributed by atoms with Crippen LogP contribution in [0.25, 0.3) is 0 Å². The molecule has 0 aliphatic rings. The molecule has 1 aromatic heterocycles. The maximum Gasteiger partial charge on any atom is 0.258 e. The lowest BCUT2D eigenvalue weighted by Gasteiger charge is -2.14. The van der Waals surface area contributed by atoms with Crippen molar-refractivity contribution in [2.24, 2.45) is 7.05 Å². The maximum absolute atomic E-state index is 12.5. The van der Waals surface area contributed by atoms with Crippen molar-refractivity contribution >= 4 is 45.2 Å². The summed E-state index contributed by atoms with van der Waals surface area (Å²) in [7, 11) is 1.81. The van der Waals surface area contributed by atoms with Crippen LogP contribution in [-0.2, 0) is 23.2 Å². The Hall–Kier alpha value is -2.85. The highest BCUT2D eigenvalue weighted by Crippen LogP contribution is 2.28. The largest absolute Gasteiger partial charge is 0.483 e. The first kappa shape index (κ1) is 27.7. The van der Waals surface area contributed by atoms with E-state index in [-0.39, 0.29) is 30.7 Å². The van der Waals surface area contributed by atoms with Gasteiger partial charge in [-0.2, -0.15) is 0 Å². The summed E-state index contributed by atoms with van der Waals surface area (Å²) in [6.07, 6.45) is 0. The molecule has 0 atom stereocenters. The minimum atomic E-state index is -0.248. The normalized spacial score (nSPS) is 11.0. The van der Waals surface area contributed by atoms with Crippen LogP contribution in [0.1, 0.15) is 47.8 Å². The average Bonchev–Trinajstić information content (AvgIpc) is 3.17. The molecule has 0 saturated carbocycles. The van der Waals surface area contributed by atoms with Gasteiger partial charge in [0, 0.05) is 11.5 Å². The van der Waals surface area contributed by atoms with E-state index in [1.807, 2.05) is 51.1 Å². The molecule has 1 heterocycles. The molecule has 0 fully saturated rings. The van der Waals surface area contributed by atoms with Gasteiger partial charge in [-0.25, -0.2) is 0 Å². The number of benzene rings is 2. The monoisotopic (exact) mass is 573 g/mol. The first-order valence-electron chi connectivity index (χ1n) is 11.6. The van der Waals surface area contributed by atoms with Crippen molar-refractivity contribution in [2.45, 2.75) is 52.2 Å². The molecule has 192 valence electrons. The second-order valence-corrected chi connectivity index (χ2v) is 10.8. The fourth-order valence-electron chi connectivity index (χ4n) is 3.43. The lowest BCUT2D eigenvalue weighted by atomic mass is 10.0. The molecule has 2 aromatic carbocycles. The number of amides is 2. The predicted octanol–water partition coefficient (Wildman–Crippen LogP) is 5.05. The van der Waals surface area contributed by atoms with E-state index in [9.17, 15) is 9.59 Å². The number of hydrogen-bond acceptors (Lipinski definition) is 6. The number of rotatable bonds is 10. The van der Waals surface area contributed by atoms with Gasteiger partial charge in [0.05, 0.1) is 18.0 Å². The van der Waals surface area contributed by atoms with Crippen LogP contribution in [0.5, 0.6) is 5.75 Å². The summed E-state index contributed by atoms with van der Waals surface area (Å²) in [6.45, 7) is 10.3. The van der Waals surface area contributed by atoms with Crippen LogP contribution in [0.3, 0.4) is 0 Å². The van der Waals surface area contributed by atoms with E-state index in [1.165, 1.54) is 11.8 Å². The van der Waals surface area contributed by atoms with E-state index < -0.39 is 0 Å². The van der Waals surface area contributed by atoms with E-state index >= 15 is 0 Å². The Kier molecular flexibility index (Phi) is 9.56. The van der Waals surface area contributed by atoms with E-state index in [4.69, 9.17) is 4.74 Å². The summed E-state index contributed by atoms with van der Waals surface area (Å²) < 4.78 is 8.40. The van der Waals surface area contributed by atoms with Crippen LogP contribution in [0.15, 0.2) is 40.0 Å². The van der Waals surface area contributed by atoms with Gasteiger partial charge in [0.2, 0.25) is 5.91 Å². The fraction of sp³-hybridized carbons (Fsp3) is 0.385. The molecule has 0 aliphatic heterocycles. The maximum atomic E-state index is 12.5. The van der Waals surface area contributed by atoms with Crippen molar-refractivity contribution in [1.29, 1.82) is 0 Å². The first-order chi connectivity index (χ1) is 17.0. The van der Waals surface area contributed by atoms with Crippen molar-refractivity contribution in [3.05, 3.63) is 62.9 Å². The molecule has 0 aliphatic carbocycles. The zero-order chi connectivity index (χ0) is 26.4. The molecule has 8 nitrogen and oxygen atoms in total. The van der Waals surface area contributed by atoms with Crippen LogP contribution < -0.4 is 15.4 Å². The summed E-state index contributed by atoms with van der Waals surface area (Å²) in [5.41, 5.74) is 5.13. The minimum Gasteiger partial charge on any atom is -0.483 e. The van der Waals surface area contributed by atoms with Gasteiger partial charge < -0.3 is 19.9 Å². The van der Waals surface area contributed by atoms with Gasteiger partial charge in [0.1, 0.15) is 5.75 Å². The van der Waals surface area contributed by atoms with Gasteiger partial charge in [-0.1, -0.05) is 37.7 Å². The number of aromatic nitrogens is 3. The summed E-state index contributed by atoms with van der Waals surface area (Å²) >= 11 is 4.78. The van der Waals surface area contributed by atoms with Crippen LogP contribution in [-0.4, -0.2) is 38.9 Å². The Morgan fingerprint density at radius 1 is 1.08 bits per heavy atom. The van der Waals surface area contributed by atoms with E-state index in [2.05, 4.69) is 50.6 Å². The highest BCUT2D eigenvalue weighted by molar-refractivity contribution is 9.10. The number of ether oxygens (including phenoxy) is 1. The minimum absolute atomic E-state index is 0.0865. The zero-order valence-corrected chi connectivity index (χ0v) is 23.8. The highest BCUT2D eigenvalue weighted by Gasteiger charge is 2.15. The van der Waals surface area contributed by atoms with Crippen LogP contribution in [0, 0.1) is 20.8 Å². The molecule has 0 radical (unpaired) electrons. The summed E-state index contributed by atoms with van der Waals surface area (Å²) in [4.78, 5) is 24.8. The molecule has 36 heavy (non-hydrogen) atoms. The van der Waals surface area contributed by atoms with Gasteiger partial charge >= 0.3 is 0 Å². The molecular formula is C26H32BrN5O3S. The zero-order valence-electron chi connectivity index (χ0n) is 21.4. The molecule has 3 rings (SSSR count). The summed E-state index contributed by atoms with van der Waals surface area (Å²) in [5.74, 6) is 1.39. The predicted molar refractivity (Wildman–Crippen MR) is 147 cm³/mol. The SMILES string of the molecule is Cc1ccc(C(C)C)c(OCC(=O)NCc2nnc(SCC(=O)Nc3cc(C)c(C)cc3Br)n2C)c1. The smallest absolute Gasteiger partial charge is 0.258 e. The van der Waals surface area contributed by atoms with Crippen LogP contribution in [0.2, 0.25) is 0 Å². The van der Waals surface area contributed by atoms with Crippen molar-refractivity contribution in [3.63, 3.8) is 0 Å². The number of hydrogen-bond donors (Lipinski definition) is 2. The number of thioether (sulfide) groups is 1. The molecule has 2 amide bonds. The lowest BCUT2D eigenvalue weighted by molar-refractivity contribution is -0.123. The molecule has 0 spiro atoms. The third kappa shape index (κ3) is 7.33. The number of carbonyl (C=O) groups excluding carboxylic acids is 2. The van der Waals surface area contributed by atoms with E-state index in [1.54, 1.807) is 11.6 Å². The number of halogens is 1. The van der Waals surface area contributed by atoms with Gasteiger partial charge in [-0.05, 0) is 83.1 Å². The topological polar surface area (TPSA) is 98.1 Å². The third-order valence-electron chi connectivity index (χ3n) is 5.71. The fourth-order valence-corrected chi connectivity index (χ4v) is 4.72. The Labute approximate surface area is 224 Å². The van der Waals surface area contributed by atoms with Crippen LogP contribution in [0.4, 0.5) is 5.69 Å². The third-order valence-corrected chi connectivity index (χ3v) is 7.38. The number of aryl methyl sites for hydroxylation is 3. The molecule has 0 unspecified atom stereocenters. The standard InChI is InChI=1S/C26H32BrN5O3S/c1-15(2)19-8-7-16(3)9-22(19)35-13-24(33)28-12-23-30-31-26(32(23)6)36-14-25(34)29-21-11-18(5)17(4)10-20(21)27/h7-11,15H,12-14H2,1-6H3,(H,28,33)(H,29,34). The van der Waals surface area contributed by atoms with Gasteiger partial charge in [-0.3, -0.25) is 9.59 Å². The molecule has 2 N–H and O–H groups in total. The van der Waals surface area contributed by atoms with Gasteiger partial charge in [0.15, 0.2) is 17.6 Å². The van der Waals surface area contributed by atoms with Crippen molar-refractivity contribution in [2.75, 3.05) is 17.7 Å². The number of nitrogens with zero attached hydrogens (tertiary/aromatic N) is 3. The first-order valence-corrected chi connectivity index (χ1v) is 13.4. The lowest BCUT2D eigenvalue weighted by Crippen LogP contribution is -2.29. The van der Waals surface area contributed by atoms with Crippen molar-refractivity contribution < 1.29 is 14.3 Å². The molecule has 0 bridgehead atoms. The molecule has 10 heteroatoms. The Morgan fingerprint density at radius 2 is 1.81 bits per heavy atom. The molecule has 3 aromatic rings. The molecular weight excluding hydrogens is 542 g/mol. The second kappa shape index (κ2) is 12.4. The number of nitrogens with one attached hydrogen (secondary N) is 2. The van der Waals surface area contributed by atoms with Crippen molar-refractivity contribution in [3.8, 4) is 5.75 Å².